The van der Waals surface area contributed by atoms with E-state index >= 15 is 0 Å². The Balaban J connectivity index is 1.50. The predicted octanol–water partition coefficient (Wildman–Crippen LogP) is 5.48. The van der Waals surface area contributed by atoms with Gasteiger partial charge in [0.1, 0.15) is 5.75 Å². The van der Waals surface area contributed by atoms with E-state index in [9.17, 15) is 0 Å². The highest BCUT2D eigenvalue weighted by Gasteiger charge is 2.17. The van der Waals surface area contributed by atoms with Crippen molar-refractivity contribution in [2.45, 2.75) is 26.3 Å². The van der Waals surface area contributed by atoms with Crippen LogP contribution in [0.25, 0.3) is 16.5 Å². The SMILES string of the molecule is COc1cccc(NC(=S)Nc2ccc3[nH]cc(C4=CCN(C(C)C)CC4)c3c2)c1. The standard InChI is InChI=1S/C24H28N4OS/c1-16(2)28-11-9-17(10-12-28)22-15-25-23-8-7-19(14-21(22)23)27-24(30)26-18-5-4-6-20(13-18)29-3/h4-9,13-16,25H,10-12H2,1-3H3,(H2,26,27,30). The van der Waals surface area contributed by atoms with Gasteiger partial charge in [-0.15, -0.1) is 0 Å². The molecule has 0 aliphatic carbocycles. The summed E-state index contributed by atoms with van der Waals surface area (Å²) in [5.41, 5.74) is 5.67. The summed E-state index contributed by atoms with van der Waals surface area (Å²) in [6.07, 6.45) is 5.55. The van der Waals surface area contributed by atoms with E-state index in [2.05, 4.69) is 58.8 Å². The Morgan fingerprint density at radius 1 is 1.13 bits per heavy atom. The lowest BCUT2D eigenvalue weighted by atomic mass is 9.98. The molecule has 1 aliphatic heterocycles. The Morgan fingerprint density at radius 2 is 1.93 bits per heavy atom. The molecular weight excluding hydrogens is 392 g/mol. The molecule has 3 N–H and O–H groups in total. The van der Waals surface area contributed by atoms with Crippen molar-refractivity contribution in [2.24, 2.45) is 0 Å². The molecule has 0 bridgehead atoms. The number of nitrogens with zero attached hydrogens (tertiary/aromatic N) is 1. The van der Waals surface area contributed by atoms with E-state index in [-0.39, 0.29) is 0 Å². The summed E-state index contributed by atoms with van der Waals surface area (Å²) >= 11 is 5.51. The highest BCUT2D eigenvalue weighted by atomic mass is 32.1. The van der Waals surface area contributed by atoms with Crippen LogP contribution in [0.2, 0.25) is 0 Å². The number of benzene rings is 2. The Morgan fingerprint density at radius 3 is 2.63 bits per heavy atom. The van der Waals surface area contributed by atoms with Crippen molar-refractivity contribution in [1.29, 1.82) is 0 Å². The number of nitrogens with one attached hydrogen (secondary N) is 3. The van der Waals surface area contributed by atoms with Gasteiger partial charge in [-0.3, -0.25) is 4.90 Å². The van der Waals surface area contributed by atoms with Crippen LogP contribution in [0.15, 0.2) is 54.7 Å². The quantitative estimate of drug-likeness (QED) is 0.477. The molecule has 2 aromatic carbocycles. The second kappa shape index (κ2) is 8.90. The first-order chi connectivity index (χ1) is 14.5. The highest BCUT2D eigenvalue weighted by Crippen LogP contribution is 2.31. The first-order valence-electron chi connectivity index (χ1n) is 10.3. The van der Waals surface area contributed by atoms with Gasteiger partial charge in [-0.1, -0.05) is 12.1 Å². The van der Waals surface area contributed by atoms with E-state index in [4.69, 9.17) is 17.0 Å². The average molecular weight is 421 g/mol. The van der Waals surface area contributed by atoms with Crippen LogP contribution in [0.1, 0.15) is 25.8 Å². The van der Waals surface area contributed by atoms with Crippen molar-refractivity contribution in [1.82, 2.24) is 9.88 Å². The molecule has 0 fully saturated rings. The number of H-pyrrole nitrogens is 1. The zero-order valence-electron chi connectivity index (χ0n) is 17.7. The molecule has 3 aromatic rings. The molecule has 1 aliphatic rings. The molecule has 0 saturated heterocycles. The maximum absolute atomic E-state index is 5.51. The second-order valence-electron chi connectivity index (χ2n) is 7.84. The van der Waals surface area contributed by atoms with Gasteiger partial charge in [0.2, 0.25) is 0 Å². The van der Waals surface area contributed by atoms with Crippen LogP contribution in [-0.2, 0) is 0 Å². The molecule has 0 atom stereocenters. The summed E-state index contributed by atoms with van der Waals surface area (Å²) < 4.78 is 5.27. The highest BCUT2D eigenvalue weighted by molar-refractivity contribution is 7.80. The number of aromatic amines is 1. The molecule has 156 valence electrons. The van der Waals surface area contributed by atoms with Crippen molar-refractivity contribution in [3.8, 4) is 5.75 Å². The second-order valence-corrected chi connectivity index (χ2v) is 8.25. The first-order valence-corrected chi connectivity index (χ1v) is 10.7. The lowest BCUT2D eigenvalue weighted by Crippen LogP contribution is -2.34. The number of rotatable bonds is 5. The Kier molecular flexibility index (Phi) is 6.06. The van der Waals surface area contributed by atoms with Gasteiger partial charge < -0.3 is 20.4 Å². The van der Waals surface area contributed by atoms with Gasteiger partial charge in [-0.05, 0) is 68.4 Å². The third kappa shape index (κ3) is 4.50. The minimum atomic E-state index is 0.546. The van der Waals surface area contributed by atoms with Gasteiger partial charge in [0.25, 0.3) is 0 Å². The number of anilines is 2. The number of fused-ring (bicyclic) bond motifs is 1. The molecule has 4 rings (SSSR count). The summed E-state index contributed by atoms with van der Waals surface area (Å²) in [6, 6.07) is 14.6. The lowest BCUT2D eigenvalue weighted by molar-refractivity contribution is 0.245. The van der Waals surface area contributed by atoms with E-state index < -0.39 is 0 Å². The van der Waals surface area contributed by atoms with Crippen molar-refractivity contribution >= 4 is 45.2 Å². The van der Waals surface area contributed by atoms with Crippen LogP contribution in [0.5, 0.6) is 5.75 Å². The minimum Gasteiger partial charge on any atom is -0.497 e. The van der Waals surface area contributed by atoms with Crippen LogP contribution in [-0.4, -0.2) is 41.2 Å². The van der Waals surface area contributed by atoms with Gasteiger partial charge >= 0.3 is 0 Å². The Bertz CT molecular complexity index is 1090. The molecule has 0 saturated carbocycles. The van der Waals surface area contributed by atoms with Crippen LogP contribution in [0.3, 0.4) is 0 Å². The van der Waals surface area contributed by atoms with Crippen LogP contribution < -0.4 is 15.4 Å². The van der Waals surface area contributed by atoms with E-state index in [1.165, 1.54) is 16.5 Å². The topological polar surface area (TPSA) is 52.3 Å². The van der Waals surface area contributed by atoms with Gasteiger partial charge in [0.05, 0.1) is 7.11 Å². The van der Waals surface area contributed by atoms with E-state index in [1.54, 1.807) is 7.11 Å². The van der Waals surface area contributed by atoms with Crippen molar-refractivity contribution in [2.75, 3.05) is 30.8 Å². The molecule has 0 radical (unpaired) electrons. The molecule has 5 nitrogen and oxygen atoms in total. The summed E-state index contributed by atoms with van der Waals surface area (Å²) in [6.45, 7) is 6.62. The van der Waals surface area contributed by atoms with E-state index in [0.717, 1.165) is 42.2 Å². The van der Waals surface area contributed by atoms with Crippen molar-refractivity contribution < 1.29 is 4.74 Å². The average Bonchev–Trinajstić information content (AvgIpc) is 3.17. The summed E-state index contributed by atoms with van der Waals surface area (Å²) in [7, 11) is 1.65. The minimum absolute atomic E-state index is 0.546. The third-order valence-electron chi connectivity index (χ3n) is 5.58. The van der Waals surface area contributed by atoms with Crippen molar-refractivity contribution in [3.63, 3.8) is 0 Å². The van der Waals surface area contributed by atoms with Gasteiger partial charge in [-0.25, -0.2) is 0 Å². The summed E-state index contributed by atoms with van der Waals surface area (Å²) in [4.78, 5) is 5.90. The fourth-order valence-corrected chi connectivity index (χ4v) is 4.09. The Hall–Kier alpha value is -2.83. The molecule has 0 amide bonds. The monoisotopic (exact) mass is 420 g/mol. The Labute approximate surface area is 183 Å². The number of methoxy groups -OCH3 is 1. The van der Waals surface area contributed by atoms with Gasteiger partial charge in [0.15, 0.2) is 5.11 Å². The number of ether oxygens (including phenoxy) is 1. The number of aromatic nitrogens is 1. The maximum atomic E-state index is 5.51. The molecule has 1 aromatic heterocycles. The zero-order valence-corrected chi connectivity index (χ0v) is 18.5. The van der Waals surface area contributed by atoms with Gasteiger partial charge in [0, 0.05) is 59.2 Å². The van der Waals surface area contributed by atoms with E-state index in [0.29, 0.717) is 11.2 Å². The predicted molar refractivity (Wildman–Crippen MR) is 130 cm³/mol. The normalized spacial score (nSPS) is 14.6. The van der Waals surface area contributed by atoms with Crippen LogP contribution >= 0.6 is 12.2 Å². The lowest BCUT2D eigenvalue weighted by Gasteiger charge is -2.29. The number of thiocarbonyl (C=S) groups is 1. The van der Waals surface area contributed by atoms with Crippen molar-refractivity contribution in [3.05, 3.63) is 60.3 Å². The van der Waals surface area contributed by atoms with Crippen LogP contribution in [0, 0.1) is 0 Å². The molecular formula is C24H28N4OS. The summed E-state index contributed by atoms with van der Waals surface area (Å²) in [5, 5.41) is 8.28. The summed E-state index contributed by atoms with van der Waals surface area (Å²) in [5.74, 6) is 0.790. The fourth-order valence-electron chi connectivity index (χ4n) is 3.86. The molecule has 30 heavy (non-hydrogen) atoms. The molecule has 0 unspecified atom stereocenters. The maximum Gasteiger partial charge on any atom is 0.175 e. The molecule has 0 spiro atoms. The zero-order chi connectivity index (χ0) is 21.1. The molecule has 6 heteroatoms. The third-order valence-corrected chi connectivity index (χ3v) is 5.79. The smallest absolute Gasteiger partial charge is 0.175 e. The molecule has 2 heterocycles. The van der Waals surface area contributed by atoms with Crippen LogP contribution in [0.4, 0.5) is 11.4 Å². The van der Waals surface area contributed by atoms with Gasteiger partial charge in [-0.2, -0.15) is 0 Å². The first kappa shape index (κ1) is 20.4. The van der Waals surface area contributed by atoms with E-state index in [1.807, 2.05) is 30.3 Å². The fraction of sp³-hybridized carbons (Fsp3) is 0.292. The number of hydrogen-bond acceptors (Lipinski definition) is 3. The largest absolute Gasteiger partial charge is 0.497 e. The number of hydrogen-bond donors (Lipinski definition) is 3.